The van der Waals surface area contributed by atoms with Crippen LogP contribution in [0, 0.1) is 6.92 Å². The molecule has 0 radical (unpaired) electrons. The topological polar surface area (TPSA) is 75.1 Å². The van der Waals surface area contributed by atoms with E-state index in [0.29, 0.717) is 12.2 Å². The zero-order valence-corrected chi connectivity index (χ0v) is 18.2. The number of anilines is 1. The minimum Gasteiger partial charge on any atom is -0.496 e. The number of amides is 2. The number of methoxy groups -OCH3 is 1. The summed E-state index contributed by atoms with van der Waals surface area (Å²) in [5, 5.41) is 0. The van der Waals surface area contributed by atoms with Gasteiger partial charge >= 0.3 is 0 Å². The molecular formula is C24H31N4O3+. The second-order valence-electron chi connectivity index (χ2n) is 7.69. The highest BCUT2D eigenvalue weighted by Crippen LogP contribution is 2.20. The lowest BCUT2D eigenvalue weighted by atomic mass is 10.1. The number of hydrogen-bond acceptors (Lipinski definition) is 4. The van der Waals surface area contributed by atoms with Crippen LogP contribution in [0.1, 0.15) is 17.5 Å². The average molecular weight is 424 g/mol. The van der Waals surface area contributed by atoms with Crippen molar-refractivity contribution in [1.29, 1.82) is 0 Å². The number of para-hydroxylation sites is 1. The molecule has 2 amide bonds. The second kappa shape index (κ2) is 11.2. The largest absolute Gasteiger partial charge is 0.496 e. The molecule has 0 bridgehead atoms. The van der Waals surface area contributed by atoms with Crippen LogP contribution >= 0.6 is 0 Å². The molecule has 2 aromatic rings. The molecule has 1 aliphatic rings. The van der Waals surface area contributed by atoms with Crippen molar-refractivity contribution < 1.29 is 19.2 Å². The first-order valence-corrected chi connectivity index (χ1v) is 10.6. The maximum absolute atomic E-state index is 12.1. The van der Waals surface area contributed by atoms with E-state index in [1.807, 2.05) is 31.2 Å². The molecular weight excluding hydrogens is 392 g/mol. The Morgan fingerprint density at radius 1 is 1.10 bits per heavy atom. The van der Waals surface area contributed by atoms with E-state index < -0.39 is 0 Å². The van der Waals surface area contributed by atoms with E-state index in [1.165, 1.54) is 16.7 Å². The molecule has 1 heterocycles. The van der Waals surface area contributed by atoms with Crippen LogP contribution in [0.2, 0.25) is 0 Å². The molecule has 7 nitrogen and oxygen atoms in total. The van der Waals surface area contributed by atoms with Crippen molar-refractivity contribution in [1.82, 2.24) is 10.9 Å². The Morgan fingerprint density at radius 2 is 1.84 bits per heavy atom. The van der Waals surface area contributed by atoms with Crippen molar-refractivity contribution in [3.63, 3.8) is 0 Å². The summed E-state index contributed by atoms with van der Waals surface area (Å²) < 4.78 is 5.29. The fourth-order valence-corrected chi connectivity index (χ4v) is 3.65. The molecule has 0 aliphatic carbocycles. The Hall–Kier alpha value is -3.32. The molecule has 0 unspecified atom stereocenters. The Balaban J connectivity index is 1.36. The minimum atomic E-state index is -0.388. The summed E-state index contributed by atoms with van der Waals surface area (Å²) in [6, 6.07) is 16.1. The summed E-state index contributed by atoms with van der Waals surface area (Å²) in [6.45, 7) is 6.67. The summed E-state index contributed by atoms with van der Waals surface area (Å²) in [5.41, 5.74) is 8.05. The van der Waals surface area contributed by atoms with Crippen LogP contribution < -0.4 is 25.4 Å². The lowest BCUT2D eigenvalue weighted by Gasteiger charge is -2.33. The highest BCUT2D eigenvalue weighted by molar-refractivity contribution is 5.93. The summed E-state index contributed by atoms with van der Waals surface area (Å²) in [4.78, 5) is 27.9. The Morgan fingerprint density at radius 3 is 2.55 bits per heavy atom. The molecule has 164 valence electrons. The third-order valence-electron chi connectivity index (χ3n) is 5.42. The first kappa shape index (κ1) is 22.4. The maximum Gasteiger partial charge on any atom is 0.262 e. The van der Waals surface area contributed by atoms with Gasteiger partial charge in [-0.2, -0.15) is 0 Å². The van der Waals surface area contributed by atoms with Crippen LogP contribution in [0.25, 0.3) is 6.08 Å². The summed E-state index contributed by atoms with van der Waals surface area (Å²) >= 11 is 0. The number of hydrogen-bond donors (Lipinski definition) is 3. The number of piperazine rings is 1. The van der Waals surface area contributed by atoms with Crippen LogP contribution in [0.15, 0.2) is 54.6 Å². The molecule has 2 aromatic carbocycles. The van der Waals surface area contributed by atoms with E-state index in [0.717, 1.165) is 43.9 Å². The predicted molar refractivity (Wildman–Crippen MR) is 122 cm³/mol. The normalized spacial score (nSPS) is 14.5. The van der Waals surface area contributed by atoms with Gasteiger partial charge in [0.1, 0.15) is 5.75 Å². The minimum absolute atomic E-state index is 0.187. The number of carbonyl (C=O) groups is 2. The van der Waals surface area contributed by atoms with Gasteiger partial charge in [0.25, 0.3) is 5.91 Å². The highest BCUT2D eigenvalue weighted by atomic mass is 16.5. The predicted octanol–water partition coefficient (Wildman–Crippen LogP) is 0.959. The van der Waals surface area contributed by atoms with Gasteiger partial charge in [-0.15, -0.1) is 0 Å². The van der Waals surface area contributed by atoms with Gasteiger partial charge in [0.05, 0.1) is 46.3 Å². The SMILES string of the molecule is COc1ccc(C)cc1/C=C/C(=O)NNC(=O)CC[NH+]1CCN(c2ccccc2)CC1. The second-order valence-corrected chi connectivity index (χ2v) is 7.69. The number of hydrazine groups is 1. The van der Waals surface area contributed by atoms with Crippen molar-refractivity contribution in [3.05, 3.63) is 65.7 Å². The van der Waals surface area contributed by atoms with E-state index in [2.05, 4.69) is 40.0 Å². The summed E-state index contributed by atoms with van der Waals surface area (Å²) in [6.07, 6.45) is 3.42. The molecule has 3 N–H and O–H groups in total. The standard InChI is InChI=1S/C24H30N4O3/c1-19-8-10-22(31-2)20(18-19)9-11-23(29)25-26-24(30)12-13-27-14-16-28(17-15-27)21-6-4-3-5-7-21/h3-11,18H,12-17H2,1-2H3,(H,25,29)(H,26,30)/p+1/b11-9+. The molecule has 0 saturated carbocycles. The molecule has 0 aromatic heterocycles. The highest BCUT2D eigenvalue weighted by Gasteiger charge is 2.20. The number of rotatable bonds is 7. The van der Waals surface area contributed by atoms with Crippen LogP contribution in [-0.4, -0.2) is 51.6 Å². The van der Waals surface area contributed by atoms with Gasteiger partial charge in [-0.25, -0.2) is 0 Å². The van der Waals surface area contributed by atoms with Crippen LogP contribution in [0.3, 0.4) is 0 Å². The number of carbonyl (C=O) groups excluding carboxylic acids is 2. The molecule has 31 heavy (non-hydrogen) atoms. The zero-order chi connectivity index (χ0) is 22.1. The first-order valence-electron chi connectivity index (χ1n) is 10.6. The Labute approximate surface area is 183 Å². The lowest BCUT2D eigenvalue weighted by Crippen LogP contribution is -3.15. The van der Waals surface area contributed by atoms with Gasteiger partial charge in [-0.05, 0) is 37.3 Å². The molecule has 0 spiro atoms. The van der Waals surface area contributed by atoms with Crippen LogP contribution in [0.5, 0.6) is 5.75 Å². The van der Waals surface area contributed by atoms with E-state index >= 15 is 0 Å². The smallest absolute Gasteiger partial charge is 0.262 e. The monoisotopic (exact) mass is 423 g/mol. The van der Waals surface area contributed by atoms with Gasteiger partial charge in [0.15, 0.2) is 0 Å². The van der Waals surface area contributed by atoms with Gasteiger partial charge < -0.3 is 14.5 Å². The lowest BCUT2D eigenvalue weighted by molar-refractivity contribution is -0.900. The number of aryl methyl sites for hydroxylation is 1. The Bertz CT molecular complexity index is 906. The molecule has 0 atom stereocenters. The van der Waals surface area contributed by atoms with Crippen molar-refractivity contribution in [2.24, 2.45) is 0 Å². The maximum atomic E-state index is 12.1. The van der Waals surface area contributed by atoms with Crippen molar-refractivity contribution >= 4 is 23.6 Å². The van der Waals surface area contributed by atoms with E-state index in [-0.39, 0.29) is 11.8 Å². The van der Waals surface area contributed by atoms with Gasteiger partial charge in [0.2, 0.25) is 5.91 Å². The number of ether oxygens (including phenoxy) is 1. The third-order valence-corrected chi connectivity index (χ3v) is 5.42. The molecule has 1 fully saturated rings. The third kappa shape index (κ3) is 6.86. The zero-order valence-electron chi connectivity index (χ0n) is 18.2. The molecule has 1 saturated heterocycles. The van der Waals surface area contributed by atoms with E-state index in [4.69, 9.17) is 4.74 Å². The van der Waals surface area contributed by atoms with Crippen molar-refractivity contribution in [3.8, 4) is 5.75 Å². The number of quaternary nitrogens is 1. The van der Waals surface area contributed by atoms with Gasteiger partial charge in [-0.1, -0.05) is 29.8 Å². The fourth-order valence-electron chi connectivity index (χ4n) is 3.65. The van der Waals surface area contributed by atoms with E-state index in [9.17, 15) is 9.59 Å². The summed E-state index contributed by atoms with van der Waals surface area (Å²) in [7, 11) is 1.59. The molecule has 7 heteroatoms. The number of benzene rings is 2. The first-order chi connectivity index (χ1) is 15.0. The van der Waals surface area contributed by atoms with Crippen LogP contribution in [0.4, 0.5) is 5.69 Å². The van der Waals surface area contributed by atoms with Gasteiger partial charge in [0, 0.05) is 17.3 Å². The quantitative estimate of drug-likeness (QED) is 0.458. The number of nitrogens with zero attached hydrogens (tertiary/aromatic N) is 1. The average Bonchev–Trinajstić information content (AvgIpc) is 2.81. The molecule has 1 aliphatic heterocycles. The van der Waals surface area contributed by atoms with Crippen LogP contribution in [-0.2, 0) is 9.59 Å². The van der Waals surface area contributed by atoms with Gasteiger partial charge in [-0.3, -0.25) is 20.4 Å². The fraction of sp³-hybridized carbons (Fsp3) is 0.333. The Kier molecular flexibility index (Phi) is 8.06. The van der Waals surface area contributed by atoms with Crippen molar-refractivity contribution in [2.75, 3.05) is 44.7 Å². The van der Waals surface area contributed by atoms with E-state index in [1.54, 1.807) is 13.2 Å². The van der Waals surface area contributed by atoms with Crippen molar-refractivity contribution in [2.45, 2.75) is 13.3 Å². The number of nitrogens with one attached hydrogen (secondary N) is 3. The molecule has 3 rings (SSSR count). The summed E-state index contributed by atoms with van der Waals surface area (Å²) in [5.74, 6) is 0.114.